The molecule has 1 unspecified atom stereocenters. The fraction of sp³-hybridized carbons (Fsp3) is 0.529. The zero-order valence-electron chi connectivity index (χ0n) is 13.4. The Morgan fingerprint density at radius 3 is 1.81 bits per heavy atom. The lowest BCUT2D eigenvalue weighted by molar-refractivity contribution is 0.0237. The van der Waals surface area contributed by atoms with Gasteiger partial charge < -0.3 is 9.47 Å². The second kappa shape index (κ2) is 7.81. The number of carbonyl (C=O) groups is 2. The molecule has 0 aliphatic rings. The third kappa shape index (κ3) is 5.58. The Morgan fingerprint density at radius 2 is 1.38 bits per heavy atom. The van der Waals surface area contributed by atoms with Gasteiger partial charge in [-0.2, -0.15) is 0 Å². The van der Waals surface area contributed by atoms with Crippen molar-refractivity contribution in [1.29, 1.82) is 0 Å². The fourth-order valence-electron chi connectivity index (χ4n) is 1.44. The number of hydrogen-bond donors (Lipinski definition) is 0. The molecule has 0 heterocycles. The van der Waals surface area contributed by atoms with E-state index in [0.29, 0.717) is 23.7 Å². The summed E-state index contributed by atoms with van der Waals surface area (Å²) in [6.45, 7) is 10.2. The summed E-state index contributed by atoms with van der Waals surface area (Å²) in [5, 5.41) is 0. The van der Waals surface area contributed by atoms with Gasteiger partial charge in [0.15, 0.2) is 0 Å². The van der Waals surface area contributed by atoms with Gasteiger partial charge in [-0.25, -0.2) is 9.59 Å². The van der Waals surface area contributed by atoms with E-state index in [0.717, 1.165) is 0 Å². The first-order valence-corrected chi connectivity index (χ1v) is 7.29. The molecule has 4 nitrogen and oxygen atoms in total. The lowest BCUT2D eigenvalue weighted by atomic mass is 10.1. The van der Waals surface area contributed by atoms with Crippen molar-refractivity contribution in [1.82, 2.24) is 0 Å². The van der Waals surface area contributed by atoms with Crippen molar-refractivity contribution in [2.45, 2.75) is 40.7 Å². The van der Waals surface area contributed by atoms with Crippen LogP contribution in [0.25, 0.3) is 0 Å². The van der Waals surface area contributed by atoms with E-state index in [1.54, 1.807) is 24.3 Å². The summed E-state index contributed by atoms with van der Waals surface area (Å²) in [6.07, 6.45) is -0.145. The smallest absolute Gasteiger partial charge is 0.338 e. The number of rotatable bonds is 6. The van der Waals surface area contributed by atoms with Crippen LogP contribution < -0.4 is 0 Å². The molecule has 0 saturated heterocycles. The van der Waals surface area contributed by atoms with Crippen LogP contribution in [0.4, 0.5) is 0 Å². The molecule has 4 heteroatoms. The number of esters is 2. The van der Waals surface area contributed by atoms with Crippen molar-refractivity contribution in [3.63, 3.8) is 0 Å². The maximum atomic E-state index is 11.9. The van der Waals surface area contributed by atoms with Crippen LogP contribution in [0.1, 0.15) is 55.3 Å². The van der Waals surface area contributed by atoms with Crippen LogP contribution in [0.15, 0.2) is 24.3 Å². The van der Waals surface area contributed by atoms with E-state index in [-0.39, 0.29) is 24.0 Å². The Hall–Kier alpha value is -1.84. The quantitative estimate of drug-likeness (QED) is 0.750. The minimum absolute atomic E-state index is 0.145. The first-order chi connectivity index (χ1) is 9.81. The summed E-state index contributed by atoms with van der Waals surface area (Å²) >= 11 is 0. The number of ether oxygens (including phenoxy) is 2. The average Bonchev–Trinajstić information content (AvgIpc) is 2.44. The van der Waals surface area contributed by atoms with Crippen LogP contribution in [-0.4, -0.2) is 24.6 Å². The largest absolute Gasteiger partial charge is 0.462 e. The fourth-order valence-corrected chi connectivity index (χ4v) is 1.44. The first kappa shape index (κ1) is 17.2. The molecule has 0 spiro atoms. The van der Waals surface area contributed by atoms with Gasteiger partial charge in [0.2, 0.25) is 0 Å². The number of carbonyl (C=O) groups excluding carboxylic acids is 2. The summed E-state index contributed by atoms with van der Waals surface area (Å²) in [7, 11) is 0. The van der Waals surface area contributed by atoms with E-state index in [1.165, 1.54) is 0 Å². The van der Waals surface area contributed by atoms with Crippen molar-refractivity contribution in [2.75, 3.05) is 6.61 Å². The Kier molecular flexibility index (Phi) is 6.40. The van der Waals surface area contributed by atoms with Gasteiger partial charge in [0.05, 0.1) is 17.7 Å². The molecule has 1 atom stereocenters. The maximum absolute atomic E-state index is 11.9. The highest BCUT2D eigenvalue weighted by molar-refractivity contribution is 5.93. The molecule has 0 saturated carbocycles. The van der Waals surface area contributed by atoms with E-state index >= 15 is 0 Å². The molecular formula is C17H24O4. The van der Waals surface area contributed by atoms with Crippen molar-refractivity contribution >= 4 is 11.9 Å². The topological polar surface area (TPSA) is 52.6 Å². The SMILES string of the molecule is CC(C)COC(=O)c1ccc(C(=O)OC(C)C(C)C)cc1. The number of benzene rings is 1. The molecule has 0 fully saturated rings. The zero-order valence-corrected chi connectivity index (χ0v) is 13.4. The summed E-state index contributed by atoms with van der Waals surface area (Å²) < 4.78 is 10.5. The van der Waals surface area contributed by atoms with E-state index < -0.39 is 0 Å². The maximum Gasteiger partial charge on any atom is 0.338 e. The summed E-state index contributed by atoms with van der Waals surface area (Å²) in [6, 6.07) is 6.33. The van der Waals surface area contributed by atoms with Gasteiger partial charge in [0.25, 0.3) is 0 Å². The normalized spacial score (nSPS) is 12.3. The number of hydrogen-bond acceptors (Lipinski definition) is 4. The first-order valence-electron chi connectivity index (χ1n) is 7.29. The molecule has 0 aliphatic heterocycles. The van der Waals surface area contributed by atoms with Gasteiger partial charge in [-0.15, -0.1) is 0 Å². The van der Waals surface area contributed by atoms with Crippen molar-refractivity contribution in [3.05, 3.63) is 35.4 Å². The Balaban J connectivity index is 2.65. The predicted molar refractivity (Wildman–Crippen MR) is 81.3 cm³/mol. The second-order valence-corrected chi connectivity index (χ2v) is 5.92. The molecule has 0 aliphatic carbocycles. The van der Waals surface area contributed by atoms with Crippen LogP contribution in [0.5, 0.6) is 0 Å². The minimum atomic E-state index is -0.377. The Bertz CT molecular complexity index is 474. The molecule has 1 aromatic carbocycles. The van der Waals surface area contributed by atoms with Crippen LogP contribution >= 0.6 is 0 Å². The lowest BCUT2D eigenvalue weighted by Crippen LogP contribution is -2.20. The van der Waals surface area contributed by atoms with Crippen LogP contribution in [0.3, 0.4) is 0 Å². The van der Waals surface area contributed by atoms with E-state index in [4.69, 9.17) is 9.47 Å². The molecular weight excluding hydrogens is 268 g/mol. The van der Waals surface area contributed by atoms with E-state index in [2.05, 4.69) is 0 Å². The molecule has 0 bridgehead atoms. The molecule has 1 aromatic rings. The van der Waals surface area contributed by atoms with Gasteiger partial charge >= 0.3 is 11.9 Å². The van der Waals surface area contributed by atoms with Gasteiger partial charge in [-0.05, 0) is 43.0 Å². The van der Waals surface area contributed by atoms with Crippen LogP contribution in [-0.2, 0) is 9.47 Å². The highest BCUT2D eigenvalue weighted by Crippen LogP contribution is 2.12. The molecule has 0 aromatic heterocycles. The monoisotopic (exact) mass is 292 g/mol. The Morgan fingerprint density at radius 1 is 0.905 bits per heavy atom. The van der Waals surface area contributed by atoms with Crippen LogP contribution in [0.2, 0.25) is 0 Å². The third-order valence-electron chi connectivity index (χ3n) is 3.14. The predicted octanol–water partition coefficient (Wildman–Crippen LogP) is 3.70. The van der Waals surface area contributed by atoms with Crippen LogP contribution in [0, 0.1) is 11.8 Å². The summed E-state index contributed by atoms with van der Waals surface area (Å²) in [4.78, 5) is 23.7. The molecule has 0 amide bonds. The third-order valence-corrected chi connectivity index (χ3v) is 3.14. The van der Waals surface area contributed by atoms with Gasteiger partial charge in [0.1, 0.15) is 6.10 Å². The Labute approximate surface area is 126 Å². The van der Waals surface area contributed by atoms with Gasteiger partial charge in [-0.3, -0.25) is 0 Å². The summed E-state index contributed by atoms with van der Waals surface area (Å²) in [5.41, 5.74) is 0.868. The lowest BCUT2D eigenvalue weighted by Gasteiger charge is -2.16. The minimum Gasteiger partial charge on any atom is -0.462 e. The van der Waals surface area contributed by atoms with Crippen molar-refractivity contribution < 1.29 is 19.1 Å². The average molecular weight is 292 g/mol. The summed E-state index contributed by atoms with van der Waals surface area (Å²) in [5.74, 6) is -0.197. The molecule has 1 rings (SSSR count). The molecule has 21 heavy (non-hydrogen) atoms. The van der Waals surface area contributed by atoms with Crippen molar-refractivity contribution in [2.24, 2.45) is 11.8 Å². The highest BCUT2D eigenvalue weighted by atomic mass is 16.5. The standard InChI is InChI=1S/C17H24O4/c1-11(2)10-20-16(18)14-6-8-15(9-7-14)17(19)21-13(5)12(3)4/h6-9,11-13H,10H2,1-5H3. The van der Waals surface area contributed by atoms with Gasteiger partial charge in [-0.1, -0.05) is 27.7 Å². The highest BCUT2D eigenvalue weighted by Gasteiger charge is 2.15. The van der Waals surface area contributed by atoms with E-state index in [1.807, 2.05) is 34.6 Å². The van der Waals surface area contributed by atoms with Gasteiger partial charge in [0, 0.05) is 0 Å². The molecule has 0 N–H and O–H groups in total. The van der Waals surface area contributed by atoms with Crippen molar-refractivity contribution in [3.8, 4) is 0 Å². The molecule has 0 radical (unpaired) electrons. The van der Waals surface area contributed by atoms with E-state index in [9.17, 15) is 9.59 Å². The zero-order chi connectivity index (χ0) is 16.0. The second-order valence-electron chi connectivity index (χ2n) is 5.92. The molecule has 116 valence electrons.